The highest BCUT2D eigenvalue weighted by Gasteiger charge is 2.28. The van der Waals surface area contributed by atoms with Crippen LogP contribution >= 0.6 is 0 Å². The van der Waals surface area contributed by atoms with E-state index in [1.54, 1.807) is 0 Å². The summed E-state index contributed by atoms with van der Waals surface area (Å²) < 4.78 is 0. The molecule has 1 aliphatic rings. The first-order valence-electron chi connectivity index (χ1n) is 7.32. The van der Waals surface area contributed by atoms with Crippen LogP contribution in [0.1, 0.15) is 44.2 Å². The Morgan fingerprint density at radius 2 is 2.05 bits per heavy atom. The van der Waals surface area contributed by atoms with E-state index in [-0.39, 0.29) is 5.84 Å². The topological polar surface area (TPSA) is 61.8 Å². The Morgan fingerprint density at radius 3 is 2.55 bits per heavy atom. The average molecular weight is 275 g/mol. The van der Waals surface area contributed by atoms with E-state index in [1.165, 1.54) is 24.9 Å². The van der Waals surface area contributed by atoms with Crippen LogP contribution in [-0.4, -0.2) is 24.1 Å². The summed E-state index contributed by atoms with van der Waals surface area (Å²) in [5.74, 6) is 0.172. The SMILES string of the molecule is CCC1(C)CCN(c2ccc(/C(N)=N/O)c(C)c2)CC1. The van der Waals surface area contributed by atoms with Crippen LogP contribution in [0.25, 0.3) is 0 Å². The monoisotopic (exact) mass is 275 g/mol. The molecule has 1 saturated heterocycles. The quantitative estimate of drug-likeness (QED) is 0.385. The van der Waals surface area contributed by atoms with Crippen molar-refractivity contribution in [1.29, 1.82) is 0 Å². The maximum atomic E-state index is 8.77. The smallest absolute Gasteiger partial charge is 0.170 e. The number of amidine groups is 1. The van der Waals surface area contributed by atoms with Gasteiger partial charge in [-0.3, -0.25) is 0 Å². The molecule has 0 aliphatic carbocycles. The number of aryl methyl sites for hydroxylation is 1. The molecule has 2 rings (SSSR count). The third-order valence-corrected chi connectivity index (χ3v) is 4.78. The van der Waals surface area contributed by atoms with Crippen LogP contribution in [0.5, 0.6) is 0 Å². The van der Waals surface area contributed by atoms with E-state index < -0.39 is 0 Å². The van der Waals surface area contributed by atoms with Crippen molar-refractivity contribution in [2.24, 2.45) is 16.3 Å². The molecule has 3 N–H and O–H groups in total. The molecule has 0 spiro atoms. The van der Waals surface area contributed by atoms with Crippen LogP contribution in [0.15, 0.2) is 23.4 Å². The Hall–Kier alpha value is -1.71. The molecule has 0 radical (unpaired) electrons. The predicted octanol–water partition coefficient (Wildman–Crippen LogP) is 3.11. The lowest BCUT2D eigenvalue weighted by molar-refractivity contribution is 0.238. The zero-order valence-electron chi connectivity index (χ0n) is 12.7. The molecule has 20 heavy (non-hydrogen) atoms. The first-order valence-corrected chi connectivity index (χ1v) is 7.32. The first kappa shape index (κ1) is 14.7. The number of hydrogen-bond donors (Lipinski definition) is 2. The fraction of sp³-hybridized carbons (Fsp3) is 0.562. The summed E-state index contributed by atoms with van der Waals surface area (Å²) in [6.45, 7) is 8.87. The number of piperidine rings is 1. The van der Waals surface area contributed by atoms with Crippen LogP contribution in [-0.2, 0) is 0 Å². The van der Waals surface area contributed by atoms with E-state index >= 15 is 0 Å². The third-order valence-electron chi connectivity index (χ3n) is 4.78. The van der Waals surface area contributed by atoms with Crippen molar-refractivity contribution in [3.05, 3.63) is 29.3 Å². The lowest BCUT2D eigenvalue weighted by Gasteiger charge is -2.40. The maximum Gasteiger partial charge on any atom is 0.170 e. The fourth-order valence-electron chi connectivity index (χ4n) is 2.84. The number of nitrogens with two attached hydrogens (primary N) is 1. The maximum absolute atomic E-state index is 8.77. The molecule has 1 heterocycles. The molecule has 0 aromatic heterocycles. The molecule has 0 amide bonds. The Morgan fingerprint density at radius 1 is 1.40 bits per heavy atom. The summed E-state index contributed by atoms with van der Waals surface area (Å²) in [4.78, 5) is 2.43. The lowest BCUT2D eigenvalue weighted by Crippen LogP contribution is -2.38. The number of hydrogen-bond acceptors (Lipinski definition) is 3. The van der Waals surface area contributed by atoms with Crippen molar-refractivity contribution in [3.8, 4) is 0 Å². The molecule has 4 heteroatoms. The van der Waals surface area contributed by atoms with Crippen LogP contribution in [0.3, 0.4) is 0 Å². The van der Waals surface area contributed by atoms with Crippen molar-refractivity contribution in [2.45, 2.75) is 40.0 Å². The molecule has 1 aromatic carbocycles. The van der Waals surface area contributed by atoms with Crippen molar-refractivity contribution in [1.82, 2.24) is 0 Å². The van der Waals surface area contributed by atoms with Crippen molar-refractivity contribution in [2.75, 3.05) is 18.0 Å². The van der Waals surface area contributed by atoms with Crippen molar-refractivity contribution < 1.29 is 5.21 Å². The van der Waals surface area contributed by atoms with Gasteiger partial charge in [0, 0.05) is 24.3 Å². The molecule has 1 aliphatic heterocycles. The van der Waals surface area contributed by atoms with Gasteiger partial charge in [0.05, 0.1) is 0 Å². The second-order valence-electron chi connectivity index (χ2n) is 6.14. The van der Waals surface area contributed by atoms with Gasteiger partial charge in [0.2, 0.25) is 0 Å². The summed E-state index contributed by atoms with van der Waals surface area (Å²) >= 11 is 0. The van der Waals surface area contributed by atoms with Gasteiger partial charge in [-0.2, -0.15) is 0 Å². The molecule has 0 unspecified atom stereocenters. The van der Waals surface area contributed by atoms with E-state index in [0.29, 0.717) is 5.41 Å². The minimum absolute atomic E-state index is 0.172. The van der Waals surface area contributed by atoms with Gasteiger partial charge < -0.3 is 15.8 Å². The van der Waals surface area contributed by atoms with Gasteiger partial charge in [-0.1, -0.05) is 25.4 Å². The molecule has 110 valence electrons. The minimum atomic E-state index is 0.172. The van der Waals surface area contributed by atoms with Crippen molar-refractivity contribution in [3.63, 3.8) is 0 Å². The zero-order chi connectivity index (χ0) is 14.8. The van der Waals surface area contributed by atoms with Gasteiger partial charge in [-0.25, -0.2) is 0 Å². The number of nitrogens with zero attached hydrogens (tertiary/aromatic N) is 2. The molecular formula is C16H25N3O. The van der Waals surface area contributed by atoms with E-state index in [4.69, 9.17) is 10.9 Å². The number of oxime groups is 1. The summed E-state index contributed by atoms with van der Waals surface area (Å²) in [7, 11) is 0. The molecule has 0 atom stereocenters. The summed E-state index contributed by atoms with van der Waals surface area (Å²) in [6.07, 6.45) is 3.73. The first-order chi connectivity index (χ1) is 9.49. The highest BCUT2D eigenvalue weighted by molar-refractivity contribution is 5.98. The molecule has 1 aromatic rings. The van der Waals surface area contributed by atoms with Gasteiger partial charge in [0.25, 0.3) is 0 Å². The standard InChI is InChI=1S/C16H25N3O/c1-4-16(3)7-9-19(10-8-16)13-5-6-14(12(2)11-13)15(17)18-20/h5-6,11,20H,4,7-10H2,1-3H3,(H2,17,18). The summed E-state index contributed by atoms with van der Waals surface area (Å²) in [5.41, 5.74) is 9.24. The molecule has 0 saturated carbocycles. The van der Waals surface area contributed by atoms with E-state index in [0.717, 1.165) is 24.2 Å². The van der Waals surface area contributed by atoms with Gasteiger partial charge in [-0.15, -0.1) is 0 Å². The van der Waals surface area contributed by atoms with Gasteiger partial charge in [0.1, 0.15) is 0 Å². The number of anilines is 1. The highest BCUT2D eigenvalue weighted by Crippen LogP contribution is 2.35. The summed E-state index contributed by atoms with van der Waals surface area (Å²) in [6, 6.07) is 6.13. The molecule has 4 nitrogen and oxygen atoms in total. The second-order valence-corrected chi connectivity index (χ2v) is 6.14. The minimum Gasteiger partial charge on any atom is -0.409 e. The van der Waals surface area contributed by atoms with Crippen LogP contribution < -0.4 is 10.6 Å². The fourth-order valence-corrected chi connectivity index (χ4v) is 2.84. The van der Waals surface area contributed by atoms with Crippen molar-refractivity contribution >= 4 is 11.5 Å². The van der Waals surface area contributed by atoms with Crippen LogP contribution in [0.2, 0.25) is 0 Å². The molecule has 1 fully saturated rings. The number of benzene rings is 1. The van der Waals surface area contributed by atoms with E-state index in [1.807, 2.05) is 13.0 Å². The largest absolute Gasteiger partial charge is 0.409 e. The van der Waals surface area contributed by atoms with Crippen LogP contribution in [0, 0.1) is 12.3 Å². The Kier molecular flexibility index (Phi) is 4.21. The summed E-state index contributed by atoms with van der Waals surface area (Å²) in [5, 5.41) is 11.8. The average Bonchev–Trinajstić information content (AvgIpc) is 2.47. The van der Waals surface area contributed by atoms with E-state index in [9.17, 15) is 0 Å². The Bertz CT molecular complexity index is 502. The van der Waals surface area contributed by atoms with Gasteiger partial charge >= 0.3 is 0 Å². The number of rotatable bonds is 3. The lowest BCUT2D eigenvalue weighted by atomic mass is 9.78. The highest BCUT2D eigenvalue weighted by atomic mass is 16.4. The molecular weight excluding hydrogens is 250 g/mol. The van der Waals surface area contributed by atoms with Gasteiger partial charge in [-0.05, 0) is 48.9 Å². The van der Waals surface area contributed by atoms with E-state index in [2.05, 4.69) is 36.0 Å². The second kappa shape index (κ2) is 5.73. The van der Waals surface area contributed by atoms with Crippen LogP contribution in [0.4, 0.5) is 5.69 Å². The Labute approximate surface area is 121 Å². The Balaban J connectivity index is 2.14. The third kappa shape index (κ3) is 2.89. The predicted molar refractivity (Wildman–Crippen MR) is 83.5 cm³/mol. The zero-order valence-corrected chi connectivity index (χ0v) is 12.7. The van der Waals surface area contributed by atoms with Gasteiger partial charge in [0.15, 0.2) is 5.84 Å². The molecule has 0 bridgehead atoms. The normalized spacial score (nSPS) is 19.1.